The van der Waals surface area contributed by atoms with Crippen LogP contribution in [0.1, 0.15) is 41.5 Å². The number of allylic oxidation sites excluding steroid dienone is 1. The van der Waals surface area contributed by atoms with E-state index in [0.29, 0.717) is 6.61 Å². The zero-order valence-corrected chi connectivity index (χ0v) is 15.5. The summed E-state index contributed by atoms with van der Waals surface area (Å²) in [7, 11) is 0. The van der Waals surface area contributed by atoms with E-state index < -0.39 is 0 Å². The van der Waals surface area contributed by atoms with Crippen molar-refractivity contribution in [1.82, 2.24) is 5.32 Å². The third-order valence-electron chi connectivity index (χ3n) is 4.65. The first kappa shape index (κ1) is 17.7. The van der Waals surface area contributed by atoms with E-state index in [1.807, 2.05) is 18.3 Å². The van der Waals surface area contributed by atoms with Crippen molar-refractivity contribution >= 4 is 23.0 Å². The molecule has 1 fully saturated rings. The Labute approximate surface area is 153 Å². The number of carbonyl (C=O) groups excluding carboxylic acids is 1. The van der Waals surface area contributed by atoms with Gasteiger partial charge in [-0.25, -0.2) is 4.79 Å². The van der Waals surface area contributed by atoms with Crippen molar-refractivity contribution in [3.05, 3.63) is 64.4 Å². The van der Waals surface area contributed by atoms with Crippen LogP contribution < -0.4 is 5.32 Å². The smallest absolute Gasteiger partial charge is 0.407 e. The molecule has 3 nitrogen and oxygen atoms in total. The number of amides is 1. The average molecular weight is 356 g/mol. The molecule has 0 aliphatic carbocycles. The second-order valence-corrected chi connectivity index (χ2v) is 8.14. The summed E-state index contributed by atoms with van der Waals surface area (Å²) >= 11 is 1.82. The third-order valence-corrected chi connectivity index (χ3v) is 5.89. The van der Waals surface area contributed by atoms with Crippen molar-refractivity contribution in [2.45, 2.75) is 44.6 Å². The van der Waals surface area contributed by atoms with E-state index in [0.717, 1.165) is 32.1 Å². The number of rotatable bonds is 8. The minimum atomic E-state index is -0.304. The quantitative estimate of drug-likeness (QED) is 0.705. The lowest BCUT2D eigenvalue weighted by Gasteiger charge is -2.19. The van der Waals surface area contributed by atoms with Gasteiger partial charge in [-0.15, -0.1) is 11.3 Å². The van der Waals surface area contributed by atoms with E-state index in [4.69, 9.17) is 4.74 Å². The predicted octanol–water partition coefficient (Wildman–Crippen LogP) is 5.22. The van der Waals surface area contributed by atoms with Crippen LogP contribution in [0.2, 0.25) is 0 Å². The molecule has 25 heavy (non-hydrogen) atoms. The second kappa shape index (κ2) is 7.87. The van der Waals surface area contributed by atoms with Crippen molar-refractivity contribution in [2.75, 3.05) is 6.61 Å². The van der Waals surface area contributed by atoms with Gasteiger partial charge in [-0.1, -0.05) is 36.9 Å². The lowest BCUT2D eigenvalue weighted by Crippen LogP contribution is -2.40. The van der Waals surface area contributed by atoms with Gasteiger partial charge in [0.1, 0.15) is 6.61 Å². The van der Waals surface area contributed by atoms with Gasteiger partial charge in [0, 0.05) is 9.75 Å². The fourth-order valence-corrected chi connectivity index (χ4v) is 4.06. The van der Waals surface area contributed by atoms with Gasteiger partial charge < -0.3 is 10.1 Å². The van der Waals surface area contributed by atoms with Crippen LogP contribution in [0, 0.1) is 0 Å². The Morgan fingerprint density at radius 3 is 2.76 bits per heavy atom. The molecule has 1 aliphatic rings. The fraction of sp³-hybridized carbons (Fsp3) is 0.381. The molecular weight excluding hydrogens is 330 g/mol. The summed E-state index contributed by atoms with van der Waals surface area (Å²) in [5.41, 5.74) is 2.36. The van der Waals surface area contributed by atoms with Gasteiger partial charge in [-0.3, -0.25) is 0 Å². The van der Waals surface area contributed by atoms with Crippen LogP contribution in [0.4, 0.5) is 4.79 Å². The highest BCUT2D eigenvalue weighted by Gasteiger charge is 2.34. The van der Waals surface area contributed by atoms with Gasteiger partial charge in [-0.05, 0) is 62.3 Å². The standard InChI is InChI=1S/C21H25NO2S/c1-16(7-6-10-17-8-4-3-5-9-17)19-12-11-18(25-19)13-14-21(2)15-24-20(23)22-21/h3-5,8-9,11-12H,1,6-7,10,13-15H2,2H3,(H,22,23). The molecule has 1 aliphatic heterocycles. The van der Waals surface area contributed by atoms with Gasteiger partial charge in [-0.2, -0.15) is 0 Å². The first-order valence-electron chi connectivity index (χ1n) is 8.80. The molecule has 1 unspecified atom stereocenters. The van der Waals surface area contributed by atoms with Crippen molar-refractivity contribution in [3.8, 4) is 0 Å². The molecule has 132 valence electrons. The Balaban J connectivity index is 1.45. The van der Waals surface area contributed by atoms with Gasteiger partial charge >= 0.3 is 6.09 Å². The Kier molecular flexibility index (Phi) is 5.59. The maximum Gasteiger partial charge on any atom is 0.407 e. The maximum absolute atomic E-state index is 11.2. The Bertz CT molecular complexity index is 737. The molecule has 3 rings (SSSR count). The van der Waals surface area contributed by atoms with E-state index in [2.05, 4.69) is 54.4 Å². The van der Waals surface area contributed by atoms with Crippen molar-refractivity contribution in [2.24, 2.45) is 0 Å². The fourth-order valence-electron chi connectivity index (χ4n) is 3.05. The van der Waals surface area contributed by atoms with Crippen molar-refractivity contribution in [3.63, 3.8) is 0 Å². The first-order chi connectivity index (χ1) is 12.0. The van der Waals surface area contributed by atoms with E-state index in [-0.39, 0.29) is 11.6 Å². The highest BCUT2D eigenvalue weighted by molar-refractivity contribution is 7.13. The average Bonchev–Trinajstić information content (AvgIpc) is 3.21. The summed E-state index contributed by atoms with van der Waals surface area (Å²) in [6, 6.07) is 15.0. The molecule has 2 aromatic rings. The zero-order valence-electron chi connectivity index (χ0n) is 14.7. The van der Waals surface area contributed by atoms with Crippen molar-refractivity contribution in [1.29, 1.82) is 0 Å². The highest BCUT2D eigenvalue weighted by atomic mass is 32.1. The van der Waals surface area contributed by atoms with E-state index in [9.17, 15) is 4.79 Å². The minimum absolute atomic E-state index is 0.242. The van der Waals surface area contributed by atoms with Gasteiger partial charge in [0.15, 0.2) is 0 Å². The van der Waals surface area contributed by atoms with Crippen LogP contribution in [0.25, 0.3) is 5.57 Å². The maximum atomic E-state index is 11.2. The van der Waals surface area contributed by atoms with Gasteiger partial charge in [0.05, 0.1) is 5.54 Å². The Hall–Kier alpha value is -2.07. The van der Waals surface area contributed by atoms with Crippen LogP contribution in [0.3, 0.4) is 0 Å². The number of hydrogen-bond donors (Lipinski definition) is 1. The van der Waals surface area contributed by atoms with E-state index >= 15 is 0 Å². The first-order valence-corrected chi connectivity index (χ1v) is 9.61. The molecule has 0 radical (unpaired) electrons. The highest BCUT2D eigenvalue weighted by Crippen LogP contribution is 2.29. The summed E-state index contributed by atoms with van der Waals surface area (Å²) < 4.78 is 5.02. The number of thiophene rings is 1. The van der Waals surface area contributed by atoms with Crippen molar-refractivity contribution < 1.29 is 9.53 Å². The molecule has 1 atom stereocenters. The number of nitrogens with one attached hydrogen (secondary N) is 1. The molecule has 1 aromatic carbocycles. The van der Waals surface area contributed by atoms with Crippen LogP contribution >= 0.6 is 11.3 Å². The lowest BCUT2D eigenvalue weighted by molar-refractivity contribution is 0.172. The van der Waals surface area contributed by atoms with E-state index in [1.165, 1.54) is 20.9 Å². The summed E-state index contributed by atoms with van der Waals surface area (Å²) in [5.74, 6) is 0. The zero-order chi connectivity index (χ0) is 17.7. The third kappa shape index (κ3) is 4.95. The molecule has 4 heteroatoms. The molecule has 1 amide bonds. The molecule has 0 spiro atoms. The largest absolute Gasteiger partial charge is 0.447 e. The number of benzene rings is 1. The molecule has 1 aromatic heterocycles. The number of carbonyl (C=O) groups is 1. The van der Waals surface area contributed by atoms with E-state index in [1.54, 1.807) is 0 Å². The number of hydrogen-bond acceptors (Lipinski definition) is 3. The predicted molar refractivity (Wildman–Crippen MR) is 104 cm³/mol. The van der Waals surface area contributed by atoms with Crippen LogP contribution in [-0.2, 0) is 17.6 Å². The summed E-state index contributed by atoms with van der Waals surface area (Å²) in [6.45, 7) is 6.76. The molecule has 2 heterocycles. The number of ether oxygens (including phenoxy) is 1. The minimum Gasteiger partial charge on any atom is -0.447 e. The normalized spacial score (nSPS) is 19.5. The summed E-state index contributed by atoms with van der Waals surface area (Å²) in [5, 5.41) is 2.90. The van der Waals surface area contributed by atoms with Crippen LogP contribution in [-0.4, -0.2) is 18.2 Å². The molecule has 0 saturated carbocycles. The molecular formula is C21H25NO2S. The van der Waals surface area contributed by atoms with Crippen LogP contribution in [0.15, 0.2) is 49.0 Å². The Morgan fingerprint density at radius 1 is 1.24 bits per heavy atom. The summed E-state index contributed by atoms with van der Waals surface area (Å²) in [6.07, 6.45) is 4.77. The lowest BCUT2D eigenvalue weighted by atomic mass is 9.97. The number of alkyl carbamates (subject to hydrolysis) is 1. The monoisotopic (exact) mass is 355 g/mol. The summed E-state index contributed by atoms with van der Waals surface area (Å²) in [4.78, 5) is 13.8. The Morgan fingerprint density at radius 2 is 2.04 bits per heavy atom. The SMILES string of the molecule is C=C(CCCc1ccccc1)c1ccc(CCC2(C)COC(=O)N2)s1. The topological polar surface area (TPSA) is 38.3 Å². The molecule has 1 N–H and O–H groups in total. The van der Waals surface area contributed by atoms with Gasteiger partial charge in [0.25, 0.3) is 0 Å². The van der Waals surface area contributed by atoms with Gasteiger partial charge in [0.2, 0.25) is 0 Å². The molecule has 0 bridgehead atoms. The number of aryl methyl sites for hydroxylation is 2. The van der Waals surface area contributed by atoms with Crippen LogP contribution in [0.5, 0.6) is 0 Å². The molecule has 1 saturated heterocycles. The second-order valence-electron chi connectivity index (χ2n) is 6.97. The number of cyclic esters (lactones) is 1.